The number of fused-ring (bicyclic) bond motifs is 1. The summed E-state index contributed by atoms with van der Waals surface area (Å²) in [5.41, 5.74) is 4.29. The van der Waals surface area contributed by atoms with Gasteiger partial charge in [0.15, 0.2) is 5.76 Å². The number of oxazole rings is 1. The van der Waals surface area contributed by atoms with Gasteiger partial charge < -0.3 is 9.73 Å². The first-order chi connectivity index (χ1) is 13.3. The van der Waals surface area contributed by atoms with Crippen molar-refractivity contribution >= 4 is 22.6 Å². The van der Waals surface area contributed by atoms with Crippen LogP contribution in [0.3, 0.4) is 0 Å². The van der Waals surface area contributed by atoms with Crippen molar-refractivity contribution < 1.29 is 4.42 Å². The molecule has 6 nitrogen and oxygen atoms in total. The van der Waals surface area contributed by atoms with E-state index in [9.17, 15) is 0 Å². The Labute approximate surface area is 157 Å². The first kappa shape index (κ1) is 16.1. The Bertz CT molecular complexity index is 1040. The molecule has 1 fully saturated rings. The molecule has 1 aliphatic heterocycles. The number of aromatic nitrogens is 3. The SMILES string of the molecule is c1cc(-c2cnc(Nc3ccc4[nH]ncc4c3)o2)ccc1CN1CCCC1. The van der Waals surface area contributed by atoms with E-state index in [-0.39, 0.29) is 0 Å². The van der Waals surface area contributed by atoms with Gasteiger partial charge in [-0.1, -0.05) is 24.3 Å². The molecule has 5 rings (SSSR count). The van der Waals surface area contributed by atoms with Gasteiger partial charge in [-0.3, -0.25) is 10.00 Å². The summed E-state index contributed by atoms with van der Waals surface area (Å²) in [6, 6.07) is 15.0. The molecule has 0 atom stereocenters. The standard InChI is InChI=1S/C21H21N5O/c1-2-10-26(9-1)14-15-3-5-16(6-4-15)20-13-22-21(27-20)24-18-7-8-19-17(11-18)12-23-25-19/h3-8,11-13H,1-2,9-10,14H2,(H,22,24)(H,23,25). The van der Waals surface area contributed by atoms with E-state index in [1.165, 1.54) is 31.5 Å². The van der Waals surface area contributed by atoms with Gasteiger partial charge in [0.2, 0.25) is 0 Å². The molecule has 0 aliphatic carbocycles. The fourth-order valence-corrected chi connectivity index (χ4v) is 3.58. The fourth-order valence-electron chi connectivity index (χ4n) is 3.58. The Morgan fingerprint density at radius 2 is 1.89 bits per heavy atom. The molecular weight excluding hydrogens is 338 g/mol. The highest BCUT2D eigenvalue weighted by atomic mass is 16.4. The molecule has 0 saturated carbocycles. The smallest absolute Gasteiger partial charge is 0.299 e. The van der Waals surface area contributed by atoms with Crippen LogP contribution in [0.4, 0.5) is 11.7 Å². The molecule has 0 unspecified atom stereocenters. The van der Waals surface area contributed by atoms with E-state index < -0.39 is 0 Å². The van der Waals surface area contributed by atoms with E-state index >= 15 is 0 Å². The summed E-state index contributed by atoms with van der Waals surface area (Å²) in [7, 11) is 0. The lowest BCUT2D eigenvalue weighted by Crippen LogP contribution is -2.18. The molecule has 1 aliphatic rings. The summed E-state index contributed by atoms with van der Waals surface area (Å²) in [6.07, 6.45) is 6.19. The van der Waals surface area contributed by atoms with Gasteiger partial charge in [-0.05, 0) is 49.7 Å². The highest BCUT2D eigenvalue weighted by Crippen LogP contribution is 2.26. The van der Waals surface area contributed by atoms with Crippen molar-refractivity contribution in [2.75, 3.05) is 18.4 Å². The molecular formula is C21H21N5O. The molecule has 2 aromatic carbocycles. The zero-order chi connectivity index (χ0) is 18.1. The van der Waals surface area contributed by atoms with Crippen LogP contribution < -0.4 is 5.32 Å². The number of hydrogen-bond acceptors (Lipinski definition) is 5. The van der Waals surface area contributed by atoms with E-state index in [0.717, 1.165) is 34.5 Å². The maximum atomic E-state index is 5.88. The number of nitrogens with one attached hydrogen (secondary N) is 2. The summed E-state index contributed by atoms with van der Waals surface area (Å²) >= 11 is 0. The van der Waals surface area contributed by atoms with Crippen LogP contribution in [0.1, 0.15) is 18.4 Å². The molecule has 4 aromatic rings. The summed E-state index contributed by atoms with van der Waals surface area (Å²) in [4.78, 5) is 6.85. The average Bonchev–Trinajstić information content (AvgIpc) is 3.44. The van der Waals surface area contributed by atoms with Crippen LogP contribution in [-0.2, 0) is 6.54 Å². The van der Waals surface area contributed by atoms with Crippen LogP contribution in [0.25, 0.3) is 22.2 Å². The molecule has 6 heteroatoms. The molecule has 2 N–H and O–H groups in total. The summed E-state index contributed by atoms with van der Waals surface area (Å²) in [6.45, 7) is 3.45. The molecule has 0 bridgehead atoms. The van der Waals surface area contributed by atoms with Gasteiger partial charge in [0.25, 0.3) is 6.01 Å². The van der Waals surface area contributed by atoms with Crippen LogP contribution in [0.5, 0.6) is 0 Å². The second-order valence-corrected chi connectivity index (χ2v) is 7.01. The minimum Gasteiger partial charge on any atom is -0.423 e. The van der Waals surface area contributed by atoms with Crippen molar-refractivity contribution in [3.05, 3.63) is 60.4 Å². The lowest BCUT2D eigenvalue weighted by Gasteiger charge is -2.14. The van der Waals surface area contributed by atoms with Gasteiger partial charge in [-0.25, -0.2) is 4.98 Å². The number of likely N-dealkylation sites (tertiary alicyclic amines) is 1. The summed E-state index contributed by atoms with van der Waals surface area (Å²) < 4.78 is 5.88. The molecule has 0 spiro atoms. The highest BCUT2D eigenvalue weighted by Gasteiger charge is 2.12. The Morgan fingerprint density at radius 3 is 2.74 bits per heavy atom. The van der Waals surface area contributed by atoms with Crippen molar-refractivity contribution in [2.24, 2.45) is 0 Å². The van der Waals surface area contributed by atoms with E-state index in [1.54, 1.807) is 12.4 Å². The molecule has 0 amide bonds. The van der Waals surface area contributed by atoms with Crippen LogP contribution in [0.2, 0.25) is 0 Å². The zero-order valence-electron chi connectivity index (χ0n) is 15.0. The largest absolute Gasteiger partial charge is 0.423 e. The maximum Gasteiger partial charge on any atom is 0.299 e. The normalized spacial score (nSPS) is 14.8. The third-order valence-corrected chi connectivity index (χ3v) is 5.04. The van der Waals surface area contributed by atoms with Gasteiger partial charge >= 0.3 is 0 Å². The van der Waals surface area contributed by atoms with Crippen molar-refractivity contribution in [1.29, 1.82) is 0 Å². The van der Waals surface area contributed by atoms with Crippen LogP contribution in [0.15, 0.2) is 59.3 Å². The van der Waals surface area contributed by atoms with Crippen molar-refractivity contribution in [1.82, 2.24) is 20.1 Å². The van der Waals surface area contributed by atoms with Crippen molar-refractivity contribution in [3.8, 4) is 11.3 Å². The Morgan fingerprint density at radius 1 is 1.04 bits per heavy atom. The van der Waals surface area contributed by atoms with Crippen LogP contribution in [0, 0.1) is 0 Å². The first-order valence-corrected chi connectivity index (χ1v) is 9.31. The lowest BCUT2D eigenvalue weighted by molar-refractivity contribution is 0.331. The van der Waals surface area contributed by atoms with Crippen molar-refractivity contribution in [3.63, 3.8) is 0 Å². The average molecular weight is 359 g/mol. The molecule has 27 heavy (non-hydrogen) atoms. The molecule has 0 radical (unpaired) electrons. The van der Waals surface area contributed by atoms with E-state index in [2.05, 4.69) is 49.7 Å². The van der Waals surface area contributed by atoms with Gasteiger partial charge in [0.05, 0.1) is 17.9 Å². The third-order valence-electron chi connectivity index (χ3n) is 5.04. The van der Waals surface area contributed by atoms with Crippen LogP contribution >= 0.6 is 0 Å². The minimum absolute atomic E-state index is 0.481. The number of anilines is 2. The lowest BCUT2D eigenvalue weighted by atomic mass is 10.1. The minimum atomic E-state index is 0.481. The Balaban J connectivity index is 1.29. The number of nitrogens with zero attached hydrogens (tertiary/aromatic N) is 3. The number of hydrogen-bond donors (Lipinski definition) is 2. The van der Waals surface area contributed by atoms with Gasteiger partial charge in [-0.15, -0.1) is 0 Å². The third kappa shape index (κ3) is 3.44. The number of rotatable bonds is 5. The molecule has 136 valence electrons. The quantitative estimate of drug-likeness (QED) is 0.547. The number of H-pyrrole nitrogens is 1. The number of aromatic amines is 1. The van der Waals surface area contributed by atoms with Gasteiger partial charge in [0, 0.05) is 23.2 Å². The predicted molar refractivity (Wildman–Crippen MR) is 106 cm³/mol. The predicted octanol–water partition coefficient (Wildman–Crippen LogP) is 4.56. The fraction of sp³-hybridized carbons (Fsp3) is 0.238. The van der Waals surface area contributed by atoms with E-state index in [4.69, 9.17) is 4.42 Å². The Hall–Kier alpha value is -3.12. The molecule has 2 aromatic heterocycles. The van der Waals surface area contributed by atoms with E-state index in [0.29, 0.717) is 6.01 Å². The van der Waals surface area contributed by atoms with Crippen molar-refractivity contribution in [2.45, 2.75) is 19.4 Å². The summed E-state index contributed by atoms with van der Waals surface area (Å²) in [5.74, 6) is 0.759. The van der Waals surface area contributed by atoms with Gasteiger partial charge in [-0.2, -0.15) is 5.10 Å². The topological polar surface area (TPSA) is 70.0 Å². The molecule has 3 heterocycles. The van der Waals surface area contributed by atoms with E-state index in [1.807, 2.05) is 18.2 Å². The second kappa shape index (κ2) is 6.89. The highest BCUT2D eigenvalue weighted by molar-refractivity contribution is 5.82. The first-order valence-electron chi connectivity index (χ1n) is 9.31. The zero-order valence-corrected chi connectivity index (χ0v) is 15.0. The molecule has 1 saturated heterocycles. The number of benzene rings is 2. The second-order valence-electron chi connectivity index (χ2n) is 7.01. The maximum absolute atomic E-state index is 5.88. The monoisotopic (exact) mass is 359 g/mol. The summed E-state index contributed by atoms with van der Waals surface area (Å²) in [5, 5.41) is 11.2. The van der Waals surface area contributed by atoms with Crippen LogP contribution in [-0.4, -0.2) is 33.2 Å². The Kier molecular flexibility index (Phi) is 4.10. The van der Waals surface area contributed by atoms with Gasteiger partial charge in [0.1, 0.15) is 0 Å².